The number of esters is 1. The molecule has 3 rings (SSSR count). The third-order valence-corrected chi connectivity index (χ3v) is 5.68. The molecule has 0 heterocycles. The van der Waals surface area contributed by atoms with Gasteiger partial charge in [-0.2, -0.15) is 5.10 Å². The van der Waals surface area contributed by atoms with Gasteiger partial charge in [-0.25, -0.2) is 10.2 Å². The van der Waals surface area contributed by atoms with Crippen molar-refractivity contribution >= 4 is 63.9 Å². The fourth-order valence-corrected chi connectivity index (χ4v) is 3.92. The van der Waals surface area contributed by atoms with Gasteiger partial charge in [0.05, 0.1) is 40.2 Å². The van der Waals surface area contributed by atoms with E-state index in [4.69, 9.17) is 37.4 Å². The monoisotopic (exact) mass is 598 g/mol. The van der Waals surface area contributed by atoms with Crippen LogP contribution in [0.2, 0.25) is 10.0 Å². The summed E-state index contributed by atoms with van der Waals surface area (Å²) in [6.07, 6.45) is 1.43. The van der Waals surface area contributed by atoms with Gasteiger partial charge >= 0.3 is 5.97 Å². The zero-order chi connectivity index (χ0) is 24.0. The van der Waals surface area contributed by atoms with Crippen molar-refractivity contribution in [2.45, 2.75) is 0 Å². The molecule has 170 valence electrons. The maximum absolute atomic E-state index is 12.5. The van der Waals surface area contributed by atoms with E-state index in [1.165, 1.54) is 25.5 Å². The number of amides is 1. The minimum atomic E-state index is -0.539. The lowest BCUT2D eigenvalue weighted by Crippen LogP contribution is -2.18. The van der Waals surface area contributed by atoms with Gasteiger partial charge in [-0.15, -0.1) is 0 Å². The first-order valence-electron chi connectivity index (χ1n) is 9.34. The number of methoxy groups -OCH3 is 2. The summed E-state index contributed by atoms with van der Waals surface area (Å²) in [5, 5.41) is 4.60. The van der Waals surface area contributed by atoms with Gasteiger partial charge in [0.15, 0.2) is 11.5 Å². The molecule has 3 aromatic carbocycles. The highest BCUT2D eigenvalue weighted by atomic mass is 127. The van der Waals surface area contributed by atoms with Gasteiger partial charge < -0.3 is 14.2 Å². The first kappa shape index (κ1) is 24.8. The van der Waals surface area contributed by atoms with Crippen molar-refractivity contribution in [2.24, 2.45) is 5.10 Å². The number of benzene rings is 3. The van der Waals surface area contributed by atoms with E-state index in [0.717, 1.165) is 0 Å². The molecule has 0 fully saturated rings. The molecule has 0 aliphatic rings. The van der Waals surface area contributed by atoms with Gasteiger partial charge in [0.25, 0.3) is 5.91 Å². The Morgan fingerprint density at radius 3 is 2.36 bits per heavy atom. The average molecular weight is 599 g/mol. The van der Waals surface area contributed by atoms with Crippen LogP contribution in [0, 0.1) is 3.57 Å². The first-order chi connectivity index (χ1) is 15.8. The number of hydrogen-bond acceptors (Lipinski definition) is 6. The van der Waals surface area contributed by atoms with Crippen LogP contribution in [0.15, 0.2) is 59.7 Å². The van der Waals surface area contributed by atoms with Crippen LogP contribution in [0.4, 0.5) is 0 Å². The van der Waals surface area contributed by atoms with E-state index in [-0.39, 0.29) is 16.3 Å². The highest BCUT2D eigenvalue weighted by Gasteiger charge is 2.17. The van der Waals surface area contributed by atoms with Crippen molar-refractivity contribution in [3.05, 3.63) is 84.9 Å². The molecular formula is C23H17Cl2IN2O5. The number of nitrogens with one attached hydrogen (secondary N) is 1. The first-order valence-corrected chi connectivity index (χ1v) is 11.2. The van der Waals surface area contributed by atoms with Crippen LogP contribution in [0.3, 0.4) is 0 Å². The molecule has 10 heteroatoms. The fourth-order valence-electron chi connectivity index (χ4n) is 2.69. The Bertz CT molecular complexity index is 1220. The van der Waals surface area contributed by atoms with Crippen LogP contribution < -0.4 is 19.6 Å². The Labute approximate surface area is 213 Å². The molecule has 7 nitrogen and oxygen atoms in total. The van der Waals surface area contributed by atoms with Crippen LogP contribution in [-0.4, -0.2) is 32.3 Å². The predicted octanol–water partition coefficient (Wildman–Crippen LogP) is 5.60. The molecule has 0 aromatic heterocycles. The summed E-state index contributed by atoms with van der Waals surface area (Å²) in [4.78, 5) is 24.8. The van der Waals surface area contributed by atoms with Gasteiger partial charge in [0.2, 0.25) is 0 Å². The van der Waals surface area contributed by atoms with E-state index in [2.05, 4.69) is 10.5 Å². The third kappa shape index (κ3) is 6.37. The molecule has 0 spiro atoms. The standard InChI is InChI=1S/C23H17Cl2IN2O5/c1-31-16-6-3-14(4-7-16)23(30)33-21-19(26)9-13(10-20(21)32-2)12-27-28-22(29)17-8-5-15(24)11-18(17)25/h3-12H,1-2H3,(H,28,29)/b27-12-. The fraction of sp³-hybridized carbons (Fsp3) is 0.0870. The molecule has 0 saturated carbocycles. The maximum Gasteiger partial charge on any atom is 0.343 e. The van der Waals surface area contributed by atoms with Crippen LogP contribution in [0.25, 0.3) is 0 Å². The van der Waals surface area contributed by atoms with Gasteiger partial charge in [-0.3, -0.25) is 4.79 Å². The second kappa shape index (κ2) is 11.4. The largest absolute Gasteiger partial charge is 0.497 e. The number of ether oxygens (including phenoxy) is 3. The van der Waals surface area contributed by atoms with E-state index >= 15 is 0 Å². The predicted molar refractivity (Wildman–Crippen MR) is 135 cm³/mol. The number of carbonyl (C=O) groups excluding carboxylic acids is 2. The lowest BCUT2D eigenvalue weighted by Gasteiger charge is -2.12. The Kier molecular flexibility index (Phi) is 8.54. The molecule has 0 bridgehead atoms. The summed E-state index contributed by atoms with van der Waals surface area (Å²) in [5.41, 5.74) is 3.63. The van der Waals surface area contributed by atoms with E-state index in [1.54, 1.807) is 49.6 Å². The summed E-state index contributed by atoms with van der Waals surface area (Å²) in [6.45, 7) is 0. The second-order valence-electron chi connectivity index (χ2n) is 6.48. The molecule has 0 saturated heterocycles. The summed E-state index contributed by atoms with van der Waals surface area (Å²) >= 11 is 13.9. The van der Waals surface area contributed by atoms with E-state index in [9.17, 15) is 9.59 Å². The van der Waals surface area contributed by atoms with Crippen LogP contribution in [-0.2, 0) is 0 Å². The molecule has 33 heavy (non-hydrogen) atoms. The number of hydrazone groups is 1. The third-order valence-electron chi connectivity index (χ3n) is 4.33. The Hall–Kier alpha value is -2.82. The van der Waals surface area contributed by atoms with Crippen LogP contribution >= 0.6 is 45.8 Å². The summed E-state index contributed by atoms with van der Waals surface area (Å²) in [5.74, 6) is 0.208. The van der Waals surface area contributed by atoms with Gasteiger partial charge in [0.1, 0.15) is 5.75 Å². The SMILES string of the molecule is COc1ccc(C(=O)Oc2c(I)cc(/C=N\NC(=O)c3ccc(Cl)cc3Cl)cc2OC)cc1. The summed E-state index contributed by atoms with van der Waals surface area (Å²) in [7, 11) is 3.00. The number of nitrogens with zero attached hydrogens (tertiary/aromatic N) is 1. The number of carbonyl (C=O) groups is 2. The van der Waals surface area contributed by atoms with Crippen LogP contribution in [0.5, 0.6) is 17.2 Å². The molecule has 0 radical (unpaired) electrons. The smallest absolute Gasteiger partial charge is 0.343 e. The number of halogens is 3. The Morgan fingerprint density at radius 2 is 1.73 bits per heavy atom. The zero-order valence-corrected chi connectivity index (χ0v) is 21.1. The molecule has 3 aromatic rings. The Morgan fingerprint density at radius 1 is 1.00 bits per heavy atom. The average Bonchev–Trinajstić information content (AvgIpc) is 2.80. The van der Waals surface area contributed by atoms with Crippen molar-refractivity contribution in [2.75, 3.05) is 14.2 Å². The second-order valence-corrected chi connectivity index (χ2v) is 8.48. The van der Waals surface area contributed by atoms with Crippen molar-refractivity contribution in [1.82, 2.24) is 5.43 Å². The molecule has 1 amide bonds. The highest BCUT2D eigenvalue weighted by molar-refractivity contribution is 14.1. The lowest BCUT2D eigenvalue weighted by atomic mass is 10.2. The van der Waals surface area contributed by atoms with Gasteiger partial charge in [-0.1, -0.05) is 23.2 Å². The highest BCUT2D eigenvalue weighted by Crippen LogP contribution is 2.34. The van der Waals surface area contributed by atoms with Gasteiger partial charge in [0, 0.05) is 5.02 Å². The van der Waals surface area contributed by atoms with Crippen molar-refractivity contribution < 1.29 is 23.8 Å². The molecule has 0 atom stereocenters. The normalized spacial score (nSPS) is 10.7. The molecule has 0 aliphatic heterocycles. The number of rotatable bonds is 7. The molecule has 0 unspecified atom stereocenters. The Balaban J connectivity index is 1.73. The quantitative estimate of drug-likeness (QED) is 0.126. The van der Waals surface area contributed by atoms with Crippen molar-refractivity contribution in [3.63, 3.8) is 0 Å². The van der Waals surface area contributed by atoms with E-state index in [0.29, 0.717) is 31.2 Å². The van der Waals surface area contributed by atoms with Crippen LogP contribution in [0.1, 0.15) is 26.3 Å². The number of hydrogen-bond donors (Lipinski definition) is 1. The molecule has 0 aliphatic carbocycles. The molecular weight excluding hydrogens is 582 g/mol. The maximum atomic E-state index is 12.5. The molecule has 1 N–H and O–H groups in total. The minimum Gasteiger partial charge on any atom is -0.497 e. The van der Waals surface area contributed by atoms with Crippen molar-refractivity contribution in [1.29, 1.82) is 0 Å². The van der Waals surface area contributed by atoms with Gasteiger partial charge in [-0.05, 0) is 82.8 Å². The summed E-state index contributed by atoms with van der Waals surface area (Å²) < 4.78 is 16.6. The minimum absolute atomic E-state index is 0.217. The topological polar surface area (TPSA) is 86.2 Å². The van der Waals surface area contributed by atoms with E-state index < -0.39 is 11.9 Å². The van der Waals surface area contributed by atoms with Crippen molar-refractivity contribution in [3.8, 4) is 17.2 Å². The lowest BCUT2D eigenvalue weighted by molar-refractivity contribution is 0.0728. The van der Waals surface area contributed by atoms with E-state index in [1.807, 2.05) is 22.6 Å². The zero-order valence-electron chi connectivity index (χ0n) is 17.4. The summed E-state index contributed by atoms with van der Waals surface area (Å²) in [6, 6.07) is 14.5.